The van der Waals surface area contributed by atoms with Gasteiger partial charge < -0.3 is 4.74 Å². The van der Waals surface area contributed by atoms with Gasteiger partial charge in [0.1, 0.15) is 0 Å². The van der Waals surface area contributed by atoms with Crippen molar-refractivity contribution in [2.45, 2.75) is 33.6 Å². The Kier molecular flexibility index (Phi) is 6.21. The average Bonchev–Trinajstić information content (AvgIpc) is 2.85. The largest absolute Gasteiger partial charge is 0.408 e. The van der Waals surface area contributed by atoms with Crippen molar-refractivity contribution >= 4 is 52.1 Å². The van der Waals surface area contributed by atoms with Crippen LogP contribution in [0.1, 0.15) is 36.4 Å². The van der Waals surface area contributed by atoms with E-state index in [0.717, 1.165) is 0 Å². The minimum absolute atomic E-state index is 0.204. The van der Waals surface area contributed by atoms with E-state index >= 15 is 0 Å². The summed E-state index contributed by atoms with van der Waals surface area (Å²) in [4.78, 5) is 29.5. The lowest BCUT2D eigenvalue weighted by Crippen LogP contribution is -2.24. The van der Waals surface area contributed by atoms with Crippen molar-refractivity contribution in [3.05, 3.63) is 37.9 Å². The number of ether oxygens (including phenoxy) is 1. The van der Waals surface area contributed by atoms with Gasteiger partial charge in [-0.15, -0.1) is 0 Å². The molecule has 0 saturated heterocycles. The third kappa shape index (κ3) is 4.06. The minimum Gasteiger partial charge on any atom is -0.408 e. The summed E-state index contributed by atoms with van der Waals surface area (Å²) in [5.74, 6) is -0.438. The maximum Gasteiger partial charge on any atom is 0.312 e. The highest BCUT2D eigenvalue weighted by Crippen LogP contribution is 2.29. The fourth-order valence-corrected chi connectivity index (χ4v) is 3.13. The number of esters is 1. The van der Waals surface area contributed by atoms with Gasteiger partial charge in [-0.3, -0.25) is 9.59 Å². The molecule has 2 aromatic rings. The lowest BCUT2D eigenvalue weighted by atomic mass is 10.3. The zero-order chi connectivity index (χ0) is 17.9. The van der Waals surface area contributed by atoms with Crippen molar-refractivity contribution in [2.24, 2.45) is 4.99 Å². The van der Waals surface area contributed by atoms with Crippen LogP contribution in [0.15, 0.2) is 23.2 Å². The predicted octanol–water partition coefficient (Wildman–Crippen LogP) is 4.76. The second kappa shape index (κ2) is 7.96. The Balaban J connectivity index is 2.67. The van der Waals surface area contributed by atoms with E-state index in [1.165, 1.54) is 15.9 Å². The topological polar surface area (TPSA) is 60.7 Å². The van der Waals surface area contributed by atoms with Crippen LogP contribution in [-0.2, 0) is 4.79 Å². The first-order valence-electron chi connectivity index (χ1n) is 7.33. The molecule has 0 spiro atoms. The van der Waals surface area contributed by atoms with E-state index in [1.807, 2.05) is 0 Å². The molecule has 0 aliphatic carbocycles. The molecule has 0 atom stereocenters. The molecule has 0 saturated carbocycles. The van der Waals surface area contributed by atoms with Crippen molar-refractivity contribution in [1.82, 2.24) is 4.57 Å². The number of hydrogen-bond donors (Lipinski definition) is 0. The zero-order valence-corrected chi connectivity index (χ0v) is 15.8. The Morgan fingerprint density at radius 1 is 1.25 bits per heavy atom. The van der Waals surface area contributed by atoms with Gasteiger partial charge in [-0.1, -0.05) is 48.4 Å². The van der Waals surface area contributed by atoms with E-state index in [0.29, 0.717) is 25.4 Å². The number of nitrogens with zero attached hydrogens (tertiary/aromatic N) is 2. The Labute approximate surface area is 153 Å². The molecular formula is C16H16Cl2N2O3S. The van der Waals surface area contributed by atoms with Gasteiger partial charge in [0.25, 0.3) is 0 Å². The summed E-state index contributed by atoms with van der Waals surface area (Å²) >= 11 is 13.4. The Morgan fingerprint density at radius 3 is 2.58 bits per heavy atom. The van der Waals surface area contributed by atoms with Crippen LogP contribution in [0.5, 0.6) is 5.88 Å². The molecule has 0 fully saturated rings. The first kappa shape index (κ1) is 18.7. The number of carbonyl (C=O) groups is 2. The molecule has 0 aliphatic heterocycles. The van der Waals surface area contributed by atoms with Crippen LogP contribution >= 0.6 is 34.5 Å². The van der Waals surface area contributed by atoms with E-state index in [2.05, 4.69) is 4.99 Å². The number of thiazole rings is 1. The summed E-state index contributed by atoms with van der Waals surface area (Å²) in [5.41, 5.74) is 0.441. The number of hydrogen-bond acceptors (Lipinski definition) is 5. The fourth-order valence-electron chi connectivity index (χ4n) is 1.89. The Morgan fingerprint density at radius 2 is 1.96 bits per heavy atom. The van der Waals surface area contributed by atoms with E-state index in [4.69, 9.17) is 27.9 Å². The third-order valence-corrected chi connectivity index (χ3v) is 4.61. The molecule has 1 heterocycles. The number of aryl methyl sites for hydroxylation is 1. The Hall–Kier alpha value is -1.63. The van der Waals surface area contributed by atoms with Crippen molar-refractivity contribution in [2.75, 3.05) is 0 Å². The van der Waals surface area contributed by atoms with E-state index in [1.54, 1.807) is 39.0 Å². The molecule has 0 unspecified atom stereocenters. The van der Waals surface area contributed by atoms with Crippen molar-refractivity contribution in [3.8, 4) is 5.88 Å². The summed E-state index contributed by atoms with van der Waals surface area (Å²) in [5, 5.41) is 0.894. The van der Waals surface area contributed by atoms with Crippen molar-refractivity contribution in [3.63, 3.8) is 0 Å². The van der Waals surface area contributed by atoms with Gasteiger partial charge in [-0.05, 0) is 25.1 Å². The summed E-state index contributed by atoms with van der Waals surface area (Å²) in [6.07, 6.45) is 0.450. The first-order valence-corrected chi connectivity index (χ1v) is 8.90. The van der Waals surface area contributed by atoms with Crippen LogP contribution in [-0.4, -0.2) is 16.4 Å². The Bertz CT molecular complexity index is 855. The fraction of sp³-hybridized carbons (Fsp3) is 0.312. The molecule has 0 N–H and O–H groups in total. The molecule has 5 nitrogen and oxygen atoms in total. The standard InChI is InChI=1S/C16H16Cl2N2O3S/c1-4-13(21)20-15(23-14(22)5-2)9(3)24-16(20)19-12-8-10(17)6-7-11(12)18/h6-8H,4-5H2,1-3H3. The van der Waals surface area contributed by atoms with Crippen molar-refractivity contribution in [1.29, 1.82) is 0 Å². The van der Waals surface area contributed by atoms with E-state index in [-0.39, 0.29) is 24.6 Å². The lowest BCUT2D eigenvalue weighted by molar-refractivity contribution is -0.134. The van der Waals surface area contributed by atoms with Crippen LogP contribution in [0.4, 0.5) is 5.69 Å². The lowest BCUT2D eigenvalue weighted by Gasteiger charge is -2.07. The van der Waals surface area contributed by atoms with Crippen LogP contribution in [0.3, 0.4) is 0 Å². The smallest absolute Gasteiger partial charge is 0.312 e. The van der Waals surface area contributed by atoms with E-state index in [9.17, 15) is 9.59 Å². The molecule has 0 radical (unpaired) electrons. The van der Waals surface area contributed by atoms with Crippen LogP contribution < -0.4 is 9.54 Å². The monoisotopic (exact) mass is 386 g/mol. The van der Waals surface area contributed by atoms with Crippen molar-refractivity contribution < 1.29 is 14.3 Å². The molecule has 8 heteroatoms. The van der Waals surface area contributed by atoms with Gasteiger partial charge in [0.05, 0.1) is 15.6 Å². The molecule has 0 aliphatic rings. The number of halogens is 2. The van der Waals surface area contributed by atoms with Crippen LogP contribution in [0, 0.1) is 6.92 Å². The SMILES string of the molecule is CCC(=O)Oc1c(C)sc(=Nc2cc(Cl)ccc2Cl)n1C(=O)CC. The molecule has 128 valence electrons. The summed E-state index contributed by atoms with van der Waals surface area (Å²) < 4.78 is 6.63. The second-order valence-corrected chi connectivity index (χ2v) is 6.89. The summed E-state index contributed by atoms with van der Waals surface area (Å²) in [6.45, 7) is 5.18. The molecule has 2 rings (SSSR count). The number of carbonyl (C=O) groups excluding carboxylic acids is 2. The number of rotatable bonds is 4. The van der Waals surface area contributed by atoms with E-state index < -0.39 is 5.97 Å². The predicted molar refractivity (Wildman–Crippen MR) is 95.6 cm³/mol. The number of benzene rings is 1. The van der Waals surface area contributed by atoms with Gasteiger partial charge in [-0.2, -0.15) is 0 Å². The van der Waals surface area contributed by atoms with Crippen LogP contribution in [0.25, 0.3) is 0 Å². The maximum atomic E-state index is 12.3. The van der Waals surface area contributed by atoms with Crippen LogP contribution in [0.2, 0.25) is 10.0 Å². The van der Waals surface area contributed by atoms with Gasteiger partial charge in [-0.25, -0.2) is 9.56 Å². The van der Waals surface area contributed by atoms with Gasteiger partial charge in [0, 0.05) is 17.9 Å². The summed E-state index contributed by atoms with van der Waals surface area (Å²) in [6, 6.07) is 4.90. The molecular weight excluding hydrogens is 371 g/mol. The average molecular weight is 387 g/mol. The highest BCUT2D eigenvalue weighted by molar-refractivity contribution is 7.09. The highest BCUT2D eigenvalue weighted by Gasteiger charge is 2.19. The number of aromatic nitrogens is 1. The summed E-state index contributed by atoms with van der Waals surface area (Å²) in [7, 11) is 0. The quantitative estimate of drug-likeness (QED) is 0.711. The molecule has 0 amide bonds. The normalized spacial score (nSPS) is 11.6. The van der Waals surface area contributed by atoms with Gasteiger partial charge >= 0.3 is 5.97 Å². The van der Waals surface area contributed by atoms with Gasteiger partial charge in [0.2, 0.25) is 11.8 Å². The highest BCUT2D eigenvalue weighted by atomic mass is 35.5. The minimum atomic E-state index is -0.416. The molecule has 0 bridgehead atoms. The zero-order valence-electron chi connectivity index (χ0n) is 13.4. The van der Waals surface area contributed by atoms with Gasteiger partial charge in [0.15, 0.2) is 4.80 Å². The maximum absolute atomic E-state index is 12.3. The third-order valence-electron chi connectivity index (χ3n) is 3.12. The molecule has 24 heavy (non-hydrogen) atoms. The first-order chi connectivity index (χ1) is 11.4. The molecule has 1 aromatic heterocycles. The second-order valence-electron chi connectivity index (χ2n) is 4.86. The molecule has 1 aromatic carbocycles.